The number of hydrogen-bond acceptors (Lipinski definition) is 1. The molecule has 1 heterocycles. The van der Waals surface area contributed by atoms with Crippen molar-refractivity contribution in [3.05, 3.63) is 0 Å². The average Bonchev–Trinajstić information content (AvgIpc) is 1.86. The monoisotopic (exact) mass is 175 g/mol. The number of piperidine rings is 1. The van der Waals surface area contributed by atoms with E-state index in [0.717, 1.165) is 11.8 Å². The van der Waals surface area contributed by atoms with E-state index in [1.807, 2.05) is 0 Å². The van der Waals surface area contributed by atoms with E-state index in [1.165, 1.54) is 45.2 Å². The number of hydrogen-bond donors (Lipinski definition) is 1. The van der Waals surface area contributed by atoms with Crippen LogP contribution in [0.3, 0.4) is 0 Å². The first-order chi connectivity index (χ1) is 4.97. The van der Waals surface area contributed by atoms with Crippen LogP contribution in [0.2, 0.25) is 0 Å². The lowest BCUT2D eigenvalue weighted by Gasteiger charge is -2.36. The quantitative estimate of drug-likeness (QED) is 0.645. The van der Waals surface area contributed by atoms with Crippen molar-refractivity contribution in [2.24, 2.45) is 11.8 Å². The van der Waals surface area contributed by atoms with Crippen LogP contribution in [0.1, 0.15) is 32.1 Å². The lowest BCUT2D eigenvalue weighted by Crippen LogP contribution is -2.33. The second-order valence-corrected chi connectivity index (χ2v) is 3.78. The molecule has 2 rings (SSSR count). The van der Waals surface area contributed by atoms with Gasteiger partial charge in [0.1, 0.15) is 0 Å². The van der Waals surface area contributed by atoms with Gasteiger partial charge in [0.15, 0.2) is 0 Å². The molecule has 0 spiro atoms. The molecule has 1 saturated carbocycles. The van der Waals surface area contributed by atoms with Gasteiger partial charge in [-0.2, -0.15) is 0 Å². The highest BCUT2D eigenvalue weighted by Gasteiger charge is 2.27. The molecular formula is C9H18ClN. The zero-order chi connectivity index (χ0) is 6.81. The van der Waals surface area contributed by atoms with Crippen LogP contribution in [0.15, 0.2) is 0 Å². The minimum atomic E-state index is 0. The van der Waals surface area contributed by atoms with Crippen molar-refractivity contribution in [3.63, 3.8) is 0 Å². The number of halogens is 1. The Kier molecular flexibility index (Phi) is 3.67. The van der Waals surface area contributed by atoms with Crippen LogP contribution in [-0.2, 0) is 0 Å². The van der Waals surface area contributed by atoms with Gasteiger partial charge >= 0.3 is 0 Å². The zero-order valence-electron chi connectivity index (χ0n) is 7.01. The fraction of sp³-hybridized carbons (Fsp3) is 1.00. The molecule has 0 unspecified atom stereocenters. The van der Waals surface area contributed by atoms with Crippen LogP contribution in [-0.4, -0.2) is 13.1 Å². The van der Waals surface area contributed by atoms with Gasteiger partial charge in [0.25, 0.3) is 0 Å². The summed E-state index contributed by atoms with van der Waals surface area (Å²) in [5.41, 5.74) is 0. The van der Waals surface area contributed by atoms with Crippen molar-refractivity contribution in [1.82, 2.24) is 5.32 Å². The van der Waals surface area contributed by atoms with Crippen LogP contribution in [0.4, 0.5) is 0 Å². The van der Waals surface area contributed by atoms with Crippen LogP contribution in [0.25, 0.3) is 0 Å². The van der Waals surface area contributed by atoms with Crippen molar-refractivity contribution in [1.29, 1.82) is 0 Å². The molecule has 0 amide bonds. The Morgan fingerprint density at radius 2 is 1.36 bits per heavy atom. The summed E-state index contributed by atoms with van der Waals surface area (Å²) in [6.07, 6.45) is 7.47. The third kappa shape index (κ3) is 2.09. The second-order valence-electron chi connectivity index (χ2n) is 3.78. The molecule has 1 saturated heterocycles. The van der Waals surface area contributed by atoms with Gasteiger partial charge in [0, 0.05) is 0 Å². The minimum absolute atomic E-state index is 0. The molecule has 0 bridgehead atoms. The second kappa shape index (κ2) is 4.32. The summed E-state index contributed by atoms with van der Waals surface area (Å²) in [6, 6.07) is 0. The lowest BCUT2D eigenvalue weighted by molar-refractivity contribution is 0.168. The first kappa shape index (κ1) is 9.34. The molecule has 1 nitrogen and oxygen atoms in total. The van der Waals surface area contributed by atoms with E-state index < -0.39 is 0 Å². The SMILES string of the molecule is C1CC(C2CCNCC2)C1.Cl. The Bertz CT molecular complexity index is 106. The molecule has 0 aromatic heterocycles. The third-order valence-corrected chi connectivity index (χ3v) is 3.20. The molecule has 2 heteroatoms. The van der Waals surface area contributed by atoms with Gasteiger partial charge in [-0.25, -0.2) is 0 Å². The van der Waals surface area contributed by atoms with Crippen molar-refractivity contribution < 1.29 is 0 Å². The summed E-state index contributed by atoms with van der Waals surface area (Å²) >= 11 is 0. The van der Waals surface area contributed by atoms with E-state index in [9.17, 15) is 0 Å². The summed E-state index contributed by atoms with van der Waals surface area (Å²) in [5.74, 6) is 2.22. The van der Waals surface area contributed by atoms with Crippen LogP contribution >= 0.6 is 12.4 Å². The molecule has 0 aromatic carbocycles. The summed E-state index contributed by atoms with van der Waals surface area (Å²) in [5, 5.41) is 3.42. The molecule has 0 radical (unpaired) electrons. The molecule has 0 aromatic rings. The Balaban J connectivity index is 0.000000605. The van der Waals surface area contributed by atoms with Crippen molar-refractivity contribution in [2.75, 3.05) is 13.1 Å². The maximum absolute atomic E-state index is 3.42. The standard InChI is InChI=1S/C9H17N.ClH/c1-2-8(3-1)9-4-6-10-7-5-9;/h8-10H,1-7H2;1H. The molecule has 1 aliphatic heterocycles. The Labute approximate surface area is 75.4 Å². The summed E-state index contributed by atoms with van der Waals surface area (Å²) in [7, 11) is 0. The Morgan fingerprint density at radius 3 is 1.82 bits per heavy atom. The fourth-order valence-electron chi connectivity index (χ4n) is 2.23. The molecule has 66 valence electrons. The van der Waals surface area contributed by atoms with E-state index in [0.29, 0.717) is 0 Å². The zero-order valence-corrected chi connectivity index (χ0v) is 7.83. The van der Waals surface area contributed by atoms with Gasteiger partial charge in [-0.1, -0.05) is 19.3 Å². The summed E-state index contributed by atoms with van der Waals surface area (Å²) in [6.45, 7) is 2.56. The summed E-state index contributed by atoms with van der Waals surface area (Å²) in [4.78, 5) is 0. The van der Waals surface area contributed by atoms with Crippen molar-refractivity contribution in [2.45, 2.75) is 32.1 Å². The third-order valence-electron chi connectivity index (χ3n) is 3.20. The highest BCUT2D eigenvalue weighted by molar-refractivity contribution is 5.85. The highest BCUT2D eigenvalue weighted by atomic mass is 35.5. The molecule has 0 atom stereocenters. The van der Waals surface area contributed by atoms with Crippen molar-refractivity contribution in [3.8, 4) is 0 Å². The summed E-state index contributed by atoms with van der Waals surface area (Å²) < 4.78 is 0. The molecule has 2 fully saturated rings. The van der Waals surface area contributed by atoms with Gasteiger partial charge < -0.3 is 5.32 Å². The number of rotatable bonds is 1. The molecule has 11 heavy (non-hydrogen) atoms. The molecule has 1 aliphatic carbocycles. The van der Waals surface area contributed by atoms with Gasteiger partial charge in [0.2, 0.25) is 0 Å². The Hall–Kier alpha value is 0.250. The maximum Gasteiger partial charge on any atom is -0.00462 e. The van der Waals surface area contributed by atoms with Crippen LogP contribution in [0, 0.1) is 11.8 Å². The molecule has 2 aliphatic rings. The van der Waals surface area contributed by atoms with E-state index in [2.05, 4.69) is 5.32 Å². The minimum Gasteiger partial charge on any atom is -0.317 e. The molecule has 1 N–H and O–H groups in total. The van der Waals surface area contributed by atoms with E-state index in [-0.39, 0.29) is 12.4 Å². The fourth-order valence-corrected chi connectivity index (χ4v) is 2.23. The predicted molar refractivity (Wildman–Crippen MR) is 50.2 cm³/mol. The normalized spacial score (nSPS) is 27.3. The lowest BCUT2D eigenvalue weighted by atomic mass is 9.72. The highest BCUT2D eigenvalue weighted by Crippen LogP contribution is 2.37. The smallest absolute Gasteiger partial charge is 0.00462 e. The number of nitrogens with one attached hydrogen (secondary N) is 1. The van der Waals surface area contributed by atoms with E-state index in [4.69, 9.17) is 0 Å². The molecular weight excluding hydrogens is 158 g/mol. The predicted octanol–water partition coefficient (Wildman–Crippen LogP) is 2.21. The Morgan fingerprint density at radius 1 is 0.818 bits per heavy atom. The van der Waals surface area contributed by atoms with Gasteiger partial charge in [-0.3, -0.25) is 0 Å². The first-order valence-electron chi connectivity index (χ1n) is 4.67. The van der Waals surface area contributed by atoms with Crippen LogP contribution < -0.4 is 5.32 Å². The maximum atomic E-state index is 3.42. The van der Waals surface area contributed by atoms with Gasteiger partial charge in [-0.15, -0.1) is 12.4 Å². The van der Waals surface area contributed by atoms with Gasteiger partial charge in [0.05, 0.1) is 0 Å². The largest absolute Gasteiger partial charge is 0.317 e. The van der Waals surface area contributed by atoms with Gasteiger partial charge in [-0.05, 0) is 37.8 Å². The first-order valence-corrected chi connectivity index (χ1v) is 4.67. The van der Waals surface area contributed by atoms with E-state index in [1.54, 1.807) is 0 Å². The van der Waals surface area contributed by atoms with E-state index >= 15 is 0 Å². The topological polar surface area (TPSA) is 12.0 Å². The average molecular weight is 176 g/mol. The van der Waals surface area contributed by atoms with Crippen molar-refractivity contribution >= 4 is 12.4 Å². The van der Waals surface area contributed by atoms with Crippen LogP contribution in [0.5, 0.6) is 0 Å².